The van der Waals surface area contributed by atoms with Gasteiger partial charge in [0.2, 0.25) is 0 Å². The molecule has 5 heteroatoms. The number of carboxylic acid groups (broad SMARTS) is 1. The summed E-state index contributed by atoms with van der Waals surface area (Å²) in [6.45, 7) is 3.35. The second-order valence-corrected chi connectivity index (χ2v) is 6.26. The number of aliphatic carboxylic acids is 1. The van der Waals surface area contributed by atoms with E-state index in [1.807, 2.05) is 37.3 Å². The molecular weight excluding hydrogens is 282 g/mol. The van der Waals surface area contributed by atoms with Crippen molar-refractivity contribution in [3.63, 3.8) is 0 Å². The van der Waals surface area contributed by atoms with Crippen molar-refractivity contribution in [2.45, 2.75) is 26.4 Å². The summed E-state index contributed by atoms with van der Waals surface area (Å²) in [7, 11) is 0. The summed E-state index contributed by atoms with van der Waals surface area (Å²) in [6, 6.07) is 9.55. The average Bonchev–Trinajstić information content (AvgIpc) is 3.22. The predicted molar refractivity (Wildman–Crippen MR) is 80.2 cm³/mol. The lowest BCUT2D eigenvalue weighted by Gasteiger charge is -2.31. The van der Waals surface area contributed by atoms with E-state index in [-0.39, 0.29) is 30.0 Å². The fourth-order valence-electron chi connectivity index (χ4n) is 3.95. The molecule has 0 spiro atoms. The van der Waals surface area contributed by atoms with Gasteiger partial charge in [-0.05, 0) is 24.3 Å². The van der Waals surface area contributed by atoms with Crippen molar-refractivity contribution in [2.75, 3.05) is 13.1 Å². The molecule has 0 radical (unpaired) electrons. The van der Waals surface area contributed by atoms with Gasteiger partial charge in [-0.15, -0.1) is 0 Å². The zero-order chi connectivity index (χ0) is 15.7. The Labute approximate surface area is 129 Å². The fourth-order valence-corrected chi connectivity index (χ4v) is 3.95. The molecule has 0 aromatic heterocycles. The lowest BCUT2D eigenvalue weighted by Crippen LogP contribution is -2.41. The first kappa shape index (κ1) is 14.9. The van der Waals surface area contributed by atoms with Gasteiger partial charge in [-0.1, -0.05) is 37.3 Å². The van der Waals surface area contributed by atoms with E-state index in [1.54, 1.807) is 4.90 Å². The van der Waals surface area contributed by atoms with Crippen LogP contribution in [0.4, 0.5) is 4.79 Å². The first-order valence-corrected chi connectivity index (χ1v) is 7.77. The molecule has 1 N–H and O–H groups in total. The molecular formula is C17H21NO4. The van der Waals surface area contributed by atoms with E-state index in [4.69, 9.17) is 4.74 Å². The maximum absolute atomic E-state index is 12.2. The van der Waals surface area contributed by atoms with Gasteiger partial charge in [-0.25, -0.2) is 4.79 Å². The number of piperidine rings is 1. The van der Waals surface area contributed by atoms with E-state index in [9.17, 15) is 14.7 Å². The van der Waals surface area contributed by atoms with E-state index in [0.717, 1.165) is 18.4 Å². The normalized spacial score (nSPS) is 29.6. The first-order chi connectivity index (χ1) is 10.6. The molecule has 22 heavy (non-hydrogen) atoms. The summed E-state index contributed by atoms with van der Waals surface area (Å²) in [6.07, 6.45) is 1.20. The van der Waals surface area contributed by atoms with Crippen molar-refractivity contribution in [1.82, 2.24) is 4.90 Å². The largest absolute Gasteiger partial charge is 0.481 e. The van der Waals surface area contributed by atoms with Gasteiger partial charge >= 0.3 is 12.1 Å². The predicted octanol–water partition coefficient (Wildman–Crippen LogP) is 2.76. The molecule has 1 heterocycles. The number of ether oxygens (including phenoxy) is 1. The number of carboxylic acids is 1. The van der Waals surface area contributed by atoms with Crippen molar-refractivity contribution in [1.29, 1.82) is 0 Å². The van der Waals surface area contributed by atoms with Gasteiger partial charge in [0.05, 0.1) is 5.92 Å². The smallest absolute Gasteiger partial charge is 0.410 e. The molecule has 3 atom stereocenters. The van der Waals surface area contributed by atoms with Crippen LogP contribution >= 0.6 is 0 Å². The minimum Gasteiger partial charge on any atom is -0.481 e. The Hall–Kier alpha value is -2.04. The number of hydrogen-bond donors (Lipinski definition) is 1. The van der Waals surface area contributed by atoms with Crippen LogP contribution in [0.25, 0.3) is 0 Å². The minimum atomic E-state index is -0.730. The van der Waals surface area contributed by atoms with Crippen LogP contribution in [0.1, 0.15) is 25.3 Å². The number of amides is 1. The molecule has 118 valence electrons. The number of likely N-dealkylation sites (tertiary alicyclic amines) is 1. The molecule has 3 unspecified atom stereocenters. The van der Waals surface area contributed by atoms with E-state index < -0.39 is 5.97 Å². The summed E-state index contributed by atoms with van der Waals surface area (Å²) in [4.78, 5) is 25.2. The molecule has 1 aromatic carbocycles. The van der Waals surface area contributed by atoms with Crippen LogP contribution in [-0.2, 0) is 16.1 Å². The fraction of sp³-hybridized carbons (Fsp3) is 0.529. The highest BCUT2D eigenvalue weighted by Crippen LogP contribution is 2.64. The topological polar surface area (TPSA) is 66.8 Å². The van der Waals surface area contributed by atoms with E-state index in [2.05, 4.69) is 0 Å². The van der Waals surface area contributed by atoms with Crippen LogP contribution < -0.4 is 0 Å². The second-order valence-electron chi connectivity index (χ2n) is 6.26. The number of rotatable bonds is 4. The molecule has 1 aliphatic heterocycles. The Bertz CT molecular complexity index is 573. The SMILES string of the molecule is CCC12CN(C(=O)OCc3ccccc3)CCC1C2C(=O)O. The zero-order valence-corrected chi connectivity index (χ0v) is 12.7. The summed E-state index contributed by atoms with van der Waals surface area (Å²) in [5.41, 5.74) is 0.710. The van der Waals surface area contributed by atoms with E-state index >= 15 is 0 Å². The third kappa shape index (κ3) is 2.45. The average molecular weight is 303 g/mol. The highest BCUT2D eigenvalue weighted by atomic mass is 16.6. The van der Waals surface area contributed by atoms with Crippen LogP contribution in [0.2, 0.25) is 0 Å². The maximum Gasteiger partial charge on any atom is 0.410 e. The van der Waals surface area contributed by atoms with Gasteiger partial charge in [-0.3, -0.25) is 4.79 Å². The highest BCUT2D eigenvalue weighted by Gasteiger charge is 2.69. The van der Waals surface area contributed by atoms with Gasteiger partial charge in [0.25, 0.3) is 0 Å². The summed E-state index contributed by atoms with van der Waals surface area (Å²) < 4.78 is 5.36. The van der Waals surface area contributed by atoms with Crippen LogP contribution in [0.5, 0.6) is 0 Å². The number of nitrogens with zero attached hydrogens (tertiary/aromatic N) is 1. The minimum absolute atomic E-state index is 0.216. The molecule has 1 amide bonds. The summed E-state index contributed by atoms with van der Waals surface area (Å²) in [5.74, 6) is -0.816. The number of hydrogen-bond acceptors (Lipinski definition) is 3. The Morgan fingerprint density at radius 2 is 2.09 bits per heavy atom. The quantitative estimate of drug-likeness (QED) is 0.928. The monoisotopic (exact) mass is 303 g/mol. The van der Waals surface area contributed by atoms with Crippen LogP contribution in [0, 0.1) is 17.3 Å². The van der Waals surface area contributed by atoms with Crippen molar-refractivity contribution in [2.24, 2.45) is 17.3 Å². The van der Waals surface area contributed by atoms with Crippen LogP contribution in [0.15, 0.2) is 30.3 Å². The van der Waals surface area contributed by atoms with E-state index in [0.29, 0.717) is 13.1 Å². The Balaban J connectivity index is 1.59. The van der Waals surface area contributed by atoms with Crippen molar-refractivity contribution >= 4 is 12.1 Å². The van der Waals surface area contributed by atoms with Gasteiger partial charge in [0, 0.05) is 18.5 Å². The van der Waals surface area contributed by atoms with Crippen molar-refractivity contribution in [3.8, 4) is 0 Å². The van der Waals surface area contributed by atoms with Crippen molar-refractivity contribution in [3.05, 3.63) is 35.9 Å². The van der Waals surface area contributed by atoms with Crippen LogP contribution in [-0.4, -0.2) is 35.2 Å². The Morgan fingerprint density at radius 1 is 1.36 bits per heavy atom. The number of carbonyl (C=O) groups is 2. The molecule has 1 aromatic rings. The number of fused-ring (bicyclic) bond motifs is 1. The highest BCUT2D eigenvalue weighted by molar-refractivity contribution is 5.77. The maximum atomic E-state index is 12.2. The van der Waals surface area contributed by atoms with Gasteiger partial charge in [0.1, 0.15) is 6.61 Å². The Morgan fingerprint density at radius 3 is 2.73 bits per heavy atom. The van der Waals surface area contributed by atoms with Gasteiger partial charge in [0.15, 0.2) is 0 Å². The zero-order valence-electron chi connectivity index (χ0n) is 12.7. The molecule has 1 saturated heterocycles. The number of benzene rings is 1. The van der Waals surface area contributed by atoms with Crippen LogP contribution in [0.3, 0.4) is 0 Å². The first-order valence-electron chi connectivity index (χ1n) is 7.77. The molecule has 1 aliphatic carbocycles. The van der Waals surface area contributed by atoms with Gasteiger partial charge in [-0.2, -0.15) is 0 Å². The lowest BCUT2D eigenvalue weighted by molar-refractivity contribution is -0.139. The molecule has 2 fully saturated rings. The summed E-state index contributed by atoms with van der Waals surface area (Å²) in [5, 5.41) is 9.32. The van der Waals surface area contributed by atoms with E-state index in [1.165, 1.54) is 0 Å². The second kappa shape index (κ2) is 5.63. The molecule has 0 bridgehead atoms. The lowest BCUT2D eigenvalue weighted by atomic mass is 9.94. The molecule has 1 saturated carbocycles. The third-order valence-electron chi connectivity index (χ3n) is 5.23. The third-order valence-corrected chi connectivity index (χ3v) is 5.23. The number of carbonyl (C=O) groups excluding carboxylic acids is 1. The van der Waals surface area contributed by atoms with Crippen molar-refractivity contribution < 1.29 is 19.4 Å². The Kier molecular flexibility index (Phi) is 3.81. The molecule has 3 rings (SSSR count). The molecule has 2 aliphatic rings. The molecule has 5 nitrogen and oxygen atoms in total. The summed E-state index contributed by atoms with van der Waals surface area (Å²) >= 11 is 0. The van der Waals surface area contributed by atoms with Gasteiger partial charge < -0.3 is 14.7 Å². The standard InChI is InChI=1S/C17H21NO4/c1-2-17-11-18(9-8-13(17)14(17)15(19)20)16(21)22-10-12-6-4-3-5-7-12/h3-7,13-14H,2,8-11H2,1H3,(H,19,20).